The zero-order valence-corrected chi connectivity index (χ0v) is 18.0. The van der Waals surface area contributed by atoms with Gasteiger partial charge in [0.15, 0.2) is 9.84 Å². The molecule has 0 aliphatic rings. The molecule has 0 amide bonds. The fourth-order valence-electron chi connectivity index (χ4n) is 2.39. The maximum atomic E-state index is 12.4. The molecule has 0 aliphatic carbocycles. The summed E-state index contributed by atoms with van der Waals surface area (Å²) < 4.78 is 35.0. The largest absolute Gasteiger partial charge is 0.490 e. The van der Waals surface area contributed by atoms with E-state index < -0.39 is 15.8 Å². The average Bonchev–Trinajstić information content (AvgIpc) is 2.75. The van der Waals surface area contributed by atoms with Gasteiger partial charge >= 0.3 is 5.97 Å². The van der Waals surface area contributed by atoms with Crippen LogP contribution >= 0.6 is 0 Å². The van der Waals surface area contributed by atoms with Gasteiger partial charge in [0, 0.05) is 6.08 Å². The SMILES string of the molecule is C=CC(=O)OCCOc1ccc(N=Nc2ccc(S(=O)(=O)CC(C)CC)cc2)cc1. The first-order chi connectivity index (χ1) is 14.3. The second-order valence-corrected chi connectivity index (χ2v) is 8.74. The van der Waals surface area contributed by atoms with E-state index in [1.165, 1.54) is 0 Å². The number of nitrogens with zero attached hydrogens (tertiary/aromatic N) is 2. The number of benzene rings is 2. The van der Waals surface area contributed by atoms with E-state index >= 15 is 0 Å². The minimum absolute atomic E-state index is 0.114. The van der Waals surface area contributed by atoms with Crippen LogP contribution in [0.3, 0.4) is 0 Å². The lowest BCUT2D eigenvalue weighted by Gasteiger charge is -2.09. The molecule has 0 aliphatic heterocycles. The smallest absolute Gasteiger partial charge is 0.330 e. The Kier molecular flexibility index (Phi) is 8.73. The molecule has 0 fully saturated rings. The van der Waals surface area contributed by atoms with E-state index in [0.29, 0.717) is 22.0 Å². The van der Waals surface area contributed by atoms with Crippen LogP contribution in [0.25, 0.3) is 0 Å². The Bertz CT molecular complexity index is 968. The summed E-state index contributed by atoms with van der Waals surface area (Å²) in [6.45, 7) is 7.58. The van der Waals surface area contributed by atoms with Gasteiger partial charge in [-0.1, -0.05) is 26.8 Å². The fourth-order valence-corrected chi connectivity index (χ4v) is 4.12. The molecule has 30 heavy (non-hydrogen) atoms. The van der Waals surface area contributed by atoms with Crippen molar-refractivity contribution in [3.8, 4) is 5.75 Å². The Morgan fingerprint density at radius 3 is 2.13 bits per heavy atom. The predicted molar refractivity (Wildman–Crippen MR) is 115 cm³/mol. The van der Waals surface area contributed by atoms with Crippen molar-refractivity contribution in [2.75, 3.05) is 19.0 Å². The summed E-state index contributed by atoms with van der Waals surface area (Å²) in [5.41, 5.74) is 1.18. The van der Waals surface area contributed by atoms with E-state index in [-0.39, 0.29) is 24.9 Å². The zero-order valence-electron chi connectivity index (χ0n) is 17.2. The monoisotopic (exact) mass is 430 g/mol. The molecule has 1 atom stereocenters. The Labute approximate surface area is 177 Å². The molecule has 0 saturated heterocycles. The molecule has 2 rings (SSSR count). The highest BCUT2D eigenvalue weighted by Gasteiger charge is 2.17. The summed E-state index contributed by atoms with van der Waals surface area (Å²) in [6, 6.07) is 13.3. The van der Waals surface area contributed by atoms with Gasteiger partial charge in [-0.25, -0.2) is 13.2 Å². The van der Waals surface area contributed by atoms with Crippen LogP contribution in [0.4, 0.5) is 11.4 Å². The Morgan fingerprint density at radius 1 is 1.03 bits per heavy atom. The molecule has 7 nitrogen and oxygen atoms in total. The third kappa shape index (κ3) is 7.44. The van der Waals surface area contributed by atoms with E-state index in [4.69, 9.17) is 9.47 Å². The molecular weight excluding hydrogens is 404 g/mol. The lowest BCUT2D eigenvalue weighted by Crippen LogP contribution is -2.13. The quantitative estimate of drug-likeness (QED) is 0.216. The summed E-state index contributed by atoms with van der Waals surface area (Å²) in [6.07, 6.45) is 1.91. The minimum atomic E-state index is -3.30. The maximum Gasteiger partial charge on any atom is 0.330 e. The van der Waals surface area contributed by atoms with Gasteiger partial charge in [-0.15, -0.1) is 0 Å². The molecule has 160 valence electrons. The molecule has 2 aromatic rings. The summed E-state index contributed by atoms with van der Waals surface area (Å²) in [7, 11) is -3.30. The molecule has 0 spiro atoms. The fraction of sp³-hybridized carbons (Fsp3) is 0.318. The van der Waals surface area contributed by atoms with Crippen LogP contribution in [0.15, 0.2) is 76.3 Å². The number of hydrogen-bond acceptors (Lipinski definition) is 7. The van der Waals surface area contributed by atoms with Crippen LogP contribution in [0.2, 0.25) is 0 Å². The van der Waals surface area contributed by atoms with Gasteiger partial charge in [0.1, 0.15) is 19.0 Å². The standard InChI is InChI=1S/C22H26N2O5S/c1-4-17(3)16-30(26,27)21-12-8-19(9-13-21)24-23-18-6-10-20(11-7-18)28-14-15-29-22(25)5-2/h5-13,17H,2,4,14-16H2,1,3H3. The van der Waals surface area contributed by atoms with Crippen molar-refractivity contribution < 1.29 is 22.7 Å². The number of rotatable bonds is 11. The highest BCUT2D eigenvalue weighted by Crippen LogP contribution is 2.23. The lowest BCUT2D eigenvalue weighted by atomic mass is 10.2. The van der Waals surface area contributed by atoms with Crippen molar-refractivity contribution in [2.24, 2.45) is 16.1 Å². The molecule has 0 bridgehead atoms. The molecule has 2 aromatic carbocycles. The van der Waals surface area contributed by atoms with Crippen molar-refractivity contribution in [2.45, 2.75) is 25.2 Å². The Morgan fingerprint density at radius 2 is 1.60 bits per heavy atom. The number of ether oxygens (including phenoxy) is 2. The number of esters is 1. The topological polar surface area (TPSA) is 94.4 Å². The predicted octanol–water partition coefficient (Wildman–Crippen LogP) is 5.03. The van der Waals surface area contributed by atoms with Gasteiger partial charge in [-0.05, 0) is 54.4 Å². The molecule has 0 saturated carbocycles. The van der Waals surface area contributed by atoms with Crippen LogP contribution in [-0.4, -0.2) is 33.4 Å². The molecule has 1 unspecified atom stereocenters. The lowest BCUT2D eigenvalue weighted by molar-refractivity contribution is -0.138. The highest BCUT2D eigenvalue weighted by molar-refractivity contribution is 7.91. The third-order valence-corrected chi connectivity index (χ3v) is 6.28. The molecule has 0 radical (unpaired) electrons. The number of hydrogen-bond donors (Lipinski definition) is 0. The first-order valence-electron chi connectivity index (χ1n) is 9.60. The van der Waals surface area contributed by atoms with Gasteiger partial charge in [0.2, 0.25) is 0 Å². The molecule has 0 aromatic heterocycles. The summed E-state index contributed by atoms with van der Waals surface area (Å²) in [5.74, 6) is 0.369. The van der Waals surface area contributed by atoms with Crippen molar-refractivity contribution in [3.05, 3.63) is 61.2 Å². The van der Waals surface area contributed by atoms with Gasteiger partial charge in [0.25, 0.3) is 0 Å². The summed E-state index contributed by atoms with van der Waals surface area (Å²) in [5, 5.41) is 8.27. The van der Waals surface area contributed by atoms with Gasteiger partial charge in [-0.2, -0.15) is 10.2 Å². The Hall–Kier alpha value is -3.00. The van der Waals surface area contributed by atoms with Gasteiger partial charge in [0.05, 0.1) is 22.0 Å². The summed E-state index contributed by atoms with van der Waals surface area (Å²) in [4.78, 5) is 11.2. The van der Waals surface area contributed by atoms with Crippen molar-refractivity contribution in [1.82, 2.24) is 0 Å². The van der Waals surface area contributed by atoms with Crippen LogP contribution in [0, 0.1) is 5.92 Å². The average molecular weight is 431 g/mol. The van der Waals surface area contributed by atoms with Gasteiger partial charge in [-0.3, -0.25) is 0 Å². The van der Waals surface area contributed by atoms with Crippen LogP contribution in [0.1, 0.15) is 20.3 Å². The van der Waals surface area contributed by atoms with E-state index in [0.717, 1.165) is 12.5 Å². The van der Waals surface area contributed by atoms with E-state index in [1.54, 1.807) is 48.5 Å². The minimum Gasteiger partial charge on any atom is -0.490 e. The molecule has 8 heteroatoms. The van der Waals surface area contributed by atoms with E-state index in [9.17, 15) is 13.2 Å². The molecular formula is C22H26N2O5S. The third-order valence-electron chi connectivity index (χ3n) is 4.28. The number of carbonyl (C=O) groups excluding carboxylic acids is 1. The first-order valence-corrected chi connectivity index (χ1v) is 11.3. The second-order valence-electron chi connectivity index (χ2n) is 6.70. The number of sulfone groups is 1. The van der Waals surface area contributed by atoms with Gasteiger partial charge < -0.3 is 9.47 Å². The van der Waals surface area contributed by atoms with Crippen molar-refractivity contribution >= 4 is 27.2 Å². The number of carbonyl (C=O) groups is 1. The Balaban J connectivity index is 1.91. The first kappa shape index (κ1) is 23.3. The van der Waals surface area contributed by atoms with E-state index in [2.05, 4.69) is 16.8 Å². The molecule has 0 N–H and O–H groups in total. The number of azo groups is 1. The highest BCUT2D eigenvalue weighted by atomic mass is 32.2. The van der Waals surface area contributed by atoms with Crippen LogP contribution in [-0.2, 0) is 19.4 Å². The normalized spacial score (nSPS) is 12.5. The van der Waals surface area contributed by atoms with E-state index in [1.807, 2.05) is 13.8 Å². The zero-order chi connectivity index (χ0) is 22.0. The second kappa shape index (κ2) is 11.3. The van der Waals surface area contributed by atoms with Crippen molar-refractivity contribution in [1.29, 1.82) is 0 Å². The maximum absolute atomic E-state index is 12.4. The van der Waals surface area contributed by atoms with Crippen LogP contribution < -0.4 is 4.74 Å². The molecule has 0 heterocycles. The van der Waals surface area contributed by atoms with Crippen LogP contribution in [0.5, 0.6) is 5.75 Å². The summed E-state index contributed by atoms with van der Waals surface area (Å²) >= 11 is 0. The van der Waals surface area contributed by atoms with Crippen molar-refractivity contribution in [3.63, 3.8) is 0 Å².